The van der Waals surface area contributed by atoms with Crippen LogP contribution in [0.1, 0.15) is 19.3 Å². The van der Waals surface area contributed by atoms with E-state index in [2.05, 4.69) is 10.5 Å². The van der Waals surface area contributed by atoms with Crippen LogP contribution < -0.4 is 10.4 Å². The topological polar surface area (TPSA) is 32.9 Å². The monoisotopic (exact) mass is 291 g/mol. The fourth-order valence-corrected chi connectivity index (χ4v) is 1.61. The molecule has 1 radical (unpaired) electrons. The van der Waals surface area contributed by atoms with Gasteiger partial charge < -0.3 is 0 Å². The molecule has 0 unspecified atom stereocenters. The van der Waals surface area contributed by atoms with Crippen LogP contribution in [0.2, 0.25) is 0 Å². The third-order valence-corrected chi connectivity index (χ3v) is 2.76. The molecule has 99 valence electrons. The summed E-state index contributed by atoms with van der Waals surface area (Å²) in [6.45, 7) is 0. The summed E-state index contributed by atoms with van der Waals surface area (Å²) in [6.07, 6.45) is 0. The molecule has 1 aliphatic rings. The quantitative estimate of drug-likeness (QED) is 0.797. The summed E-state index contributed by atoms with van der Waals surface area (Å²) >= 11 is 5.23. The van der Waals surface area contributed by atoms with Gasteiger partial charge >= 0.3 is 0 Å². The molecule has 1 heterocycles. The lowest BCUT2D eigenvalue weighted by Gasteiger charge is -2.31. The van der Waals surface area contributed by atoms with Crippen molar-refractivity contribution in [2.75, 3.05) is 12.1 Å². The molecular weight excluding hydrogens is 268 g/mol. The van der Waals surface area contributed by atoms with E-state index < -0.39 is 60.4 Å². The van der Waals surface area contributed by atoms with Crippen LogP contribution >= 0.6 is 12.2 Å². The van der Waals surface area contributed by atoms with Gasteiger partial charge in [0.15, 0.2) is 5.84 Å². The summed E-state index contributed by atoms with van der Waals surface area (Å²) in [5.74, 6) is -0.324. The third-order valence-electron chi connectivity index (χ3n) is 2.32. The molecule has 0 saturated heterocycles. The van der Waals surface area contributed by atoms with Gasteiger partial charge in [-0.25, -0.2) is 10.0 Å². The van der Waals surface area contributed by atoms with Gasteiger partial charge in [-0.2, -0.15) is 0 Å². The average Bonchev–Trinajstić information content (AvgIpc) is 2.71. The van der Waals surface area contributed by atoms with Crippen LogP contribution in [-0.2, 0) is 0 Å². The third kappa shape index (κ3) is 2.35. The summed E-state index contributed by atoms with van der Waals surface area (Å²) in [7, 11) is 1.40. The second-order valence-corrected chi connectivity index (χ2v) is 3.98. The van der Waals surface area contributed by atoms with E-state index in [1.54, 1.807) is 0 Å². The molecule has 0 saturated carbocycles. The lowest BCUT2D eigenvalue weighted by molar-refractivity contribution is 0.434. The zero-order valence-electron chi connectivity index (χ0n) is 20.2. The fraction of sp³-hybridized carbons (Fsp3) is 0.0667. The molecule has 0 spiro atoms. The molecule has 5 heteroatoms. The molecule has 0 fully saturated rings. The van der Waals surface area contributed by atoms with E-state index >= 15 is 0 Å². The van der Waals surface area contributed by atoms with Gasteiger partial charge in [-0.15, -0.1) is 10.5 Å². The number of hydrogen-bond acceptors (Lipinski definition) is 2. The molecule has 0 bridgehead atoms. The van der Waals surface area contributed by atoms with E-state index in [0.29, 0.717) is 0 Å². The van der Waals surface area contributed by atoms with Crippen LogP contribution in [0, 0.1) is 0 Å². The first-order valence-corrected chi connectivity index (χ1v) is 5.83. The molecule has 0 aromatic heterocycles. The minimum Gasteiger partial charge on any atom is -0.239 e. The highest BCUT2D eigenvalue weighted by Gasteiger charge is 2.24. The number of benzene rings is 2. The maximum Gasteiger partial charge on any atom is 0.217 e. The fourth-order valence-electron chi connectivity index (χ4n) is 1.44. The minimum absolute atomic E-state index is 0.135. The summed E-state index contributed by atoms with van der Waals surface area (Å²) in [6, 6.07) is -5.79. The second kappa shape index (κ2) is 5.30. The molecule has 0 aliphatic carbocycles. The van der Waals surface area contributed by atoms with Crippen molar-refractivity contribution in [3.05, 3.63) is 66.0 Å². The molecule has 1 aliphatic heterocycles. The lowest BCUT2D eigenvalue weighted by atomic mass is 10.2. The number of anilines is 1. The smallest absolute Gasteiger partial charge is 0.217 e. The molecule has 0 N–H and O–H groups in total. The lowest BCUT2D eigenvalue weighted by Crippen LogP contribution is -2.50. The summed E-state index contributed by atoms with van der Waals surface area (Å²) in [5, 5.41) is 5.92. The molecule has 4 nitrogen and oxygen atoms in total. The highest BCUT2D eigenvalue weighted by atomic mass is 32.1. The van der Waals surface area contributed by atoms with Gasteiger partial charge in [-0.1, -0.05) is 48.3 Å². The number of hydrogen-bond donors (Lipinski definition) is 0. The van der Waals surface area contributed by atoms with Crippen LogP contribution in [-0.4, -0.2) is 23.0 Å². The molecule has 3 rings (SSSR count). The Bertz CT molecular complexity index is 1080. The van der Waals surface area contributed by atoms with Crippen molar-refractivity contribution in [2.45, 2.75) is 0 Å². The number of thiocarbonyl (C=S) groups is 1. The predicted molar refractivity (Wildman–Crippen MR) is 84.4 cm³/mol. The molecule has 20 heavy (non-hydrogen) atoms. The maximum atomic E-state index is 8.13. The van der Waals surface area contributed by atoms with E-state index in [4.69, 9.17) is 25.9 Å². The predicted octanol–water partition coefficient (Wildman–Crippen LogP) is 2.60. The van der Waals surface area contributed by atoms with Crippen molar-refractivity contribution in [3.8, 4) is 0 Å². The van der Waals surface area contributed by atoms with Crippen molar-refractivity contribution < 1.29 is 13.7 Å². The molecule has 0 amide bonds. The Morgan fingerprint density at radius 1 is 1.00 bits per heavy atom. The van der Waals surface area contributed by atoms with E-state index in [0.717, 1.165) is 10.0 Å². The van der Waals surface area contributed by atoms with Crippen LogP contribution in [0.5, 0.6) is 0 Å². The van der Waals surface area contributed by atoms with Gasteiger partial charge in [0, 0.05) is 12.6 Å². The van der Waals surface area contributed by atoms with Crippen molar-refractivity contribution in [1.82, 2.24) is 10.4 Å². The van der Waals surface area contributed by atoms with Crippen molar-refractivity contribution >= 4 is 28.9 Å². The average molecular weight is 291 g/mol. The largest absolute Gasteiger partial charge is 0.239 e. The molecule has 2 aromatic rings. The molecule has 0 atom stereocenters. The normalized spacial score (nSPS) is 21.9. The number of rotatable bonds is 2. The SMILES string of the molecule is [2H]c1c([2H])c([2H])c(C2=NN(c3c([2H])c([2H])c([2H])c([2H])c3[2H])C(=S)N(C)[N]2)c([2H])c1[2H]. The zero-order chi connectivity index (χ0) is 22.7. The van der Waals surface area contributed by atoms with Gasteiger partial charge in [0.1, 0.15) is 0 Å². The van der Waals surface area contributed by atoms with Crippen LogP contribution in [0.4, 0.5) is 5.69 Å². The highest BCUT2D eigenvalue weighted by molar-refractivity contribution is 7.80. The number of hydrazone groups is 1. The van der Waals surface area contributed by atoms with Crippen LogP contribution in [0.25, 0.3) is 0 Å². The summed E-state index contributed by atoms with van der Waals surface area (Å²) in [4.78, 5) is 0. The first-order valence-electron chi connectivity index (χ1n) is 10.4. The van der Waals surface area contributed by atoms with E-state index in [1.807, 2.05) is 0 Å². The zero-order valence-corrected chi connectivity index (χ0v) is 11.0. The van der Waals surface area contributed by atoms with Crippen molar-refractivity contribution in [2.24, 2.45) is 5.10 Å². The van der Waals surface area contributed by atoms with Crippen molar-refractivity contribution in [1.29, 1.82) is 0 Å². The Hall–Kier alpha value is -2.40. The summed E-state index contributed by atoms with van der Waals surface area (Å²) < 4.78 is 79.2. The second-order valence-electron chi connectivity index (χ2n) is 3.62. The standard InChI is InChI=1S/C15H13N4S/c1-18-15(20)19(13-10-6-3-7-11-13)17-14(16-18)12-8-4-2-5-9-12/h2-11H,1H3/i2D,3D,4D,5D,6D,7D,8D,9D,10D,11D. The van der Waals surface area contributed by atoms with Gasteiger partial charge in [-0.3, -0.25) is 0 Å². The van der Waals surface area contributed by atoms with Crippen molar-refractivity contribution in [3.63, 3.8) is 0 Å². The van der Waals surface area contributed by atoms with Gasteiger partial charge in [0.05, 0.1) is 19.4 Å². The highest BCUT2D eigenvalue weighted by Crippen LogP contribution is 2.19. The number of para-hydroxylation sites is 1. The number of nitrogens with zero attached hydrogens (tertiary/aromatic N) is 4. The minimum atomic E-state index is -0.599. The Labute approximate surface area is 137 Å². The Kier molecular flexibility index (Phi) is 1.47. The molecule has 2 aromatic carbocycles. The molecular formula is C15H13N4S. The first-order chi connectivity index (χ1) is 13.9. The Balaban J connectivity index is 2.31. The number of amidine groups is 1. The maximum absolute atomic E-state index is 8.13. The first kappa shape index (κ1) is 5.54. The van der Waals surface area contributed by atoms with E-state index in [-0.39, 0.29) is 22.2 Å². The van der Waals surface area contributed by atoms with Crippen LogP contribution in [0.15, 0.2) is 65.5 Å². The van der Waals surface area contributed by atoms with E-state index in [1.165, 1.54) is 7.05 Å². The summed E-state index contributed by atoms with van der Waals surface area (Å²) in [5.41, 5.74) is 3.38. The van der Waals surface area contributed by atoms with E-state index in [9.17, 15) is 0 Å². The Morgan fingerprint density at radius 2 is 1.60 bits per heavy atom. The van der Waals surface area contributed by atoms with Gasteiger partial charge in [-0.05, 0) is 24.3 Å². The Morgan fingerprint density at radius 3 is 2.25 bits per heavy atom. The van der Waals surface area contributed by atoms with Gasteiger partial charge in [0.25, 0.3) is 0 Å². The van der Waals surface area contributed by atoms with Gasteiger partial charge in [0.2, 0.25) is 5.11 Å². The van der Waals surface area contributed by atoms with Crippen LogP contribution in [0.3, 0.4) is 0 Å².